The second kappa shape index (κ2) is 19.3. The number of aryl methyl sites for hydroxylation is 1. The van der Waals surface area contributed by atoms with Crippen LogP contribution in [0.3, 0.4) is 0 Å². The van der Waals surface area contributed by atoms with E-state index in [-0.39, 0.29) is 11.7 Å². The number of benzene rings is 1. The molecule has 0 saturated carbocycles. The molecule has 1 atom stereocenters. The lowest BCUT2D eigenvalue weighted by molar-refractivity contribution is -0.406. The van der Waals surface area contributed by atoms with Gasteiger partial charge < -0.3 is 14.2 Å². The highest BCUT2D eigenvalue weighted by atomic mass is 19.1. The Morgan fingerprint density at radius 3 is 1.79 bits per heavy atom. The molecule has 1 unspecified atom stereocenters. The fourth-order valence-corrected chi connectivity index (χ4v) is 4.29. The molecule has 0 aromatic heterocycles. The van der Waals surface area contributed by atoms with E-state index in [4.69, 9.17) is 14.2 Å². The Bertz CT molecular complexity index is 556. The highest BCUT2D eigenvalue weighted by Crippen LogP contribution is 2.35. The quantitative estimate of drug-likeness (QED) is 0.126. The molecule has 1 aromatic carbocycles. The average molecular weight is 467 g/mol. The smallest absolute Gasteiger partial charge is 0.285 e. The summed E-state index contributed by atoms with van der Waals surface area (Å²) in [5.41, 5.74) is 1.07. The highest BCUT2D eigenvalue weighted by molar-refractivity contribution is 5.16. The number of rotatable bonds is 22. The molecule has 0 radical (unpaired) electrons. The first-order valence-electron chi connectivity index (χ1n) is 13.8. The summed E-state index contributed by atoms with van der Waals surface area (Å²) in [5, 5.41) is 0. The van der Waals surface area contributed by atoms with Crippen molar-refractivity contribution in [2.24, 2.45) is 5.92 Å². The van der Waals surface area contributed by atoms with Crippen molar-refractivity contribution in [3.05, 3.63) is 35.6 Å². The number of hydrogen-bond donors (Lipinski definition) is 0. The van der Waals surface area contributed by atoms with E-state index in [1.807, 2.05) is 6.07 Å². The second-order valence-electron chi connectivity index (χ2n) is 9.28. The van der Waals surface area contributed by atoms with Crippen LogP contribution in [0.15, 0.2) is 24.3 Å². The number of hydrogen-bond acceptors (Lipinski definition) is 3. The molecule has 0 amide bonds. The lowest BCUT2D eigenvalue weighted by Crippen LogP contribution is -2.47. The molecular weight excluding hydrogens is 415 g/mol. The minimum absolute atomic E-state index is 0.152. The molecule has 0 fully saturated rings. The predicted octanol–water partition coefficient (Wildman–Crippen LogP) is 8.84. The summed E-state index contributed by atoms with van der Waals surface area (Å²) in [6, 6.07) is 6.97. The molecule has 0 saturated heterocycles. The van der Waals surface area contributed by atoms with Gasteiger partial charge in [-0.3, -0.25) is 0 Å². The zero-order valence-electron chi connectivity index (χ0n) is 22.0. The summed E-state index contributed by atoms with van der Waals surface area (Å²) in [6.45, 7) is 10.6. The molecular formula is C29H51FO3. The van der Waals surface area contributed by atoms with Gasteiger partial charge in [0.25, 0.3) is 5.97 Å². The van der Waals surface area contributed by atoms with Gasteiger partial charge >= 0.3 is 0 Å². The Hall–Kier alpha value is -0.970. The van der Waals surface area contributed by atoms with Gasteiger partial charge in [-0.25, -0.2) is 4.39 Å². The van der Waals surface area contributed by atoms with Gasteiger partial charge in [-0.2, -0.15) is 0 Å². The van der Waals surface area contributed by atoms with E-state index in [0.717, 1.165) is 56.9 Å². The van der Waals surface area contributed by atoms with Crippen LogP contribution in [0, 0.1) is 11.7 Å². The monoisotopic (exact) mass is 466 g/mol. The Labute approximate surface area is 203 Å². The van der Waals surface area contributed by atoms with E-state index < -0.39 is 5.97 Å². The van der Waals surface area contributed by atoms with Gasteiger partial charge in [-0.05, 0) is 62.6 Å². The fourth-order valence-electron chi connectivity index (χ4n) is 4.29. The van der Waals surface area contributed by atoms with Gasteiger partial charge in [0.2, 0.25) is 0 Å². The van der Waals surface area contributed by atoms with Crippen LogP contribution in [-0.4, -0.2) is 25.8 Å². The lowest BCUT2D eigenvalue weighted by Gasteiger charge is -2.40. The number of unbranched alkanes of at least 4 members (excludes halogenated alkanes) is 6. The maximum absolute atomic E-state index is 13.5. The maximum atomic E-state index is 13.5. The van der Waals surface area contributed by atoms with Crippen molar-refractivity contribution in [1.29, 1.82) is 0 Å². The summed E-state index contributed by atoms with van der Waals surface area (Å²) >= 11 is 0. The first kappa shape index (κ1) is 30.1. The molecule has 0 N–H and O–H groups in total. The third kappa shape index (κ3) is 12.9. The van der Waals surface area contributed by atoms with E-state index >= 15 is 0 Å². The molecule has 0 aliphatic rings. The highest BCUT2D eigenvalue weighted by Gasteiger charge is 2.41. The molecule has 0 heterocycles. The van der Waals surface area contributed by atoms with Gasteiger partial charge in [0, 0.05) is 5.92 Å². The molecule has 33 heavy (non-hydrogen) atoms. The number of halogens is 1. The normalized spacial score (nSPS) is 12.9. The number of ether oxygens (including phenoxy) is 3. The Morgan fingerprint density at radius 1 is 0.697 bits per heavy atom. The largest absolute Gasteiger partial charge is 0.327 e. The van der Waals surface area contributed by atoms with E-state index in [9.17, 15) is 4.39 Å². The predicted molar refractivity (Wildman–Crippen MR) is 137 cm³/mol. The molecule has 0 spiro atoms. The van der Waals surface area contributed by atoms with Crippen LogP contribution in [0.4, 0.5) is 4.39 Å². The summed E-state index contributed by atoms with van der Waals surface area (Å²) < 4.78 is 32.7. The minimum Gasteiger partial charge on any atom is -0.327 e. The van der Waals surface area contributed by atoms with Crippen LogP contribution >= 0.6 is 0 Å². The molecule has 192 valence electrons. The van der Waals surface area contributed by atoms with Crippen LogP contribution in [0.1, 0.15) is 117 Å². The zero-order valence-corrected chi connectivity index (χ0v) is 22.0. The Morgan fingerprint density at radius 2 is 1.24 bits per heavy atom. The van der Waals surface area contributed by atoms with Crippen LogP contribution in [0.5, 0.6) is 0 Å². The van der Waals surface area contributed by atoms with Gasteiger partial charge in [-0.15, -0.1) is 0 Å². The van der Waals surface area contributed by atoms with Crippen molar-refractivity contribution in [3.8, 4) is 0 Å². The molecule has 0 aliphatic heterocycles. The Kier molecular flexibility index (Phi) is 17.6. The summed E-state index contributed by atoms with van der Waals surface area (Å²) in [7, 11) is 0. The summed E-state index contributed by atoms with van der Waals surface area (Å²) in [5.74, 6) is -0.883. The van der Waals surface area contributed by atoms with E-state index in [1.54, 1.807) is 12.1 Å². The molecule has 0 aliphatic carbocycles. The lowest BCUT2D eigenvalue weighted by atomic mass is 9.91. The van der Waals surface area contributed by atoms with Crippen molar-refractivity contribution in [2.45, 2.75) is 124 Å². The van der Waals surface area contributed by atoms with Crippen molar-refractivity contribution >= 4 is 0 Å². The molecule has 3 nitrogen and oxygen atoms in total. The van der Waals surface area contributed by atoms with E-state index in [2.05, 4.69) is 27.7 Å². The van der Waals surface area contributed by atoms with Crippen molar-refractivity contribution in [3.63, 3.8) is 0 Å². The molecule has 1 rings (SSSR count). The van der Waals surface area contributed by atoms with Gasteiger partial charge in [0.1, 0.15) is 5.82 Å². The van der Waals surface area contributed by atoms with Gasteiger partial charge in [-0.1, -0.05) is 84.8 Å². The Balaban J connectivity index is 2.82. The van der Waals surface area contributed by atoms with Crippen molar-refractivity contribution in [1.82, 2.24) is 0 Å². The van der Waals surface area contributed by atoms with E-state index in [1.165, 1.54) is 44.6 Å². The van der Waals surface area contributed by atoms with Gasteiger partial charge in [0.15, 0.2) is 0 Å². The third-order valence-electron chi connectivity index (χ3n) is 6.09. The van der Waals surface area contributed by atoms with Crippen LogP contribution in [-0.2, 0) is 20.6 Å². The molecule has 1 aromatic rings. The molecule has 4 heteroatoms. The first-order chi connectivity index (χ1) is 16.1. The first-order valence-corrected chi connectivity index (χ1v) is 13.8. The van der Waals surface area contributed by atoms with Crippen LogP contribution < -0.4 is 0 Å². The second-order valence-corrected chi connectivity index (χ2v) is 9.28. The topological polar surface area (TPSA) is 27.7 Å². The maximum Gasteiger partial charge on any atom is 0.285 e. The van der Waals surface area contributed by atoms with E-state index in [0.29, 0.717) is 19.8 Å². The fraction of sp³-hybridized carbons (Fsp3) is 0.793. The summed E-state index contributed by atoms with van der Waals surface area (Å²) in [4.78, 5) is 0. The van der Waals surface area contributed by atoms with Crippen molar-refractivity contribution < 1.29 is 18.6 Å². The molecule has 0 bridgehead atoms. The van der Waals surface area contributed by atoms with Crippen molar-refractivity contribution in [2.75, 3.05) is 19.8 Å². The third-order valence-corrected chi connectivity index (χ3v) is 6.09. The van der Waals surface area contributed by atoms with Gasteiger partial charge in [0.05, 0.1) is 19.8 Å². The van der Waals surface area contributed by atoms with Crippen LogP contribution in [0.25, 0.3) is 0 Å². The SMILES string of the molecule is CCCCCCCCC(CCCCc1cccc(F)c1)C(OCCC)(OCCC)OCCC. The minimum atomic E-state index is -0.940. The van der Waals surface area contributed by atoms with Crippen LogP contribution in [0.2, 0.25) is 0 Å². The standard InChI is InChI=1S/C29H51FO3/c1-5-9-10-11-12-13-19-27(20-15-14-17-26-18-16-21-28(30)25-26)29(31-22-6-2,32-23-7-3)33-24-8-4/h16,18,21,25,27H,5-15,17,19-20,22-24H2,1-4H3. The average Bonchev–Trinajstić information content (AvgIpc) is 2.82. The zero-order chi connectivity index (χ0) is 24.2. The summed E-state index contributed by atoms with van der Waals surface area (Å²) in [6.07, 6.45) is 15.5.